The van der Waals surface area contributed by atoms with Gasteiger partial charge in [-0.25, -0.2) is 0 Å². The van der Waals surface area contributed by atoms with Crippen molar-refractivity contribution in [1.82, 2.24) is 4.98 Å². The average Bonchev–Trinajstić information content (AvgIpc) is 2.86. The summed E-state index contributed by atoms with van der Waals surface area (Å²) in [4.78, 5) is 5.86. The van der Waals surface area contributed by atoms with E-state index < -0.39 is 0 Å². The SMILES string of the molecule is Clc1cc(Cl)c2[nH]c3c(c2c1)CN(c1ccccc1)CC3. The first-order chi connectivity index (χ1) is 10.2. The Hall–Kier alpha value is -1.64. The number of aromatic nitrogens is 1. The van der Waals surface area contributed by atoms with Crippen molar-refractivity contribution in [3.63, 3.8) is 0 Å². The molecule has 0 bridgehead atoms. The zero-order chi connectivity index (χ0) is 14.4. The number of hydrogen-bond donors (Lipinski definition) is 1. The van der Waals surface area contributed by atoms with Crippen LogP contribution in [0, 0.1) is 0 Å². The van der Waals surface area contributed by atoms with Gasteiger partial charge in [-0.2, -0.15) is 0 Å². The fraction of sp³-hybridized carbons (Fsp3) is 0.176. The number of aromatic amines is 1. The van der Waals surface area contributed by atoms with Crippen LogP contribution in [0.1, 0.15) is 11.3 Å². The Morgan fingerprint density at radius 1 is 1.05 bits per heavy atom. The van der Waals surface area contributed by atoms with Crippen LogP contribution in [0.3, 0.4) is 0 Å². The van der Waals surface area contributed by atoms with Crippen molar-refractivity contribution >= 4 is 39.8 Å². The summed E-state index contributed by atoms with van der Waals surface area (Å²) in [5.41, 5.74) is 4.84. The van der Waals surface area contributed by atoms with Gasteiger partial charge < -0.3 is 9.88 Å². The maximum Gasteiger partial charge on any atom is 0.0662 e. The standard InChI is InChI=1S/C17H14Cl2N2/c18-11-8-13-14-10-21(12-4-2-1-3-5-12)7-6-16(14)20-17(13)15(19)9-11/h1-5,8-9,20H,6-7,10H2. The van der Waals surface area contributed by atoms with Crippen LogP contribution >= 0.6 is 23.2 Å². The topological polar surface area (TPSA) is 19.0 Å². The lowest BCUT2D eigenvalue weighted by atomic mass is 10.0. The summed E-state index contributed by atoms with van der Waals surface area (Å²) in [5, 5.41) is 2.52. The normalized spacial score (nSPS) is 14.5. The Morgan fingerprint density at radius 3 is 2.67 bits per heavy atom. The molecule has 0 radical (unpaired) electrons. The van der Waals surface area contributed by atoms with E-state index in [0.717, 1.165) is 30.4 Å². The summed E-state index contributed by atoms with van der Waals surface area (Å²) in [6.07, 6.45) is 0.993. The van der Waals surface area contributed by atoms with E-state index in [9.17, 15) is 0 Å². The maximum atomic E-state index is 6.31. The first kappa shape index (κ1) is 13.1. The van der Waals surface area contributed by atoms with Gasteiger partial charge in [0.05, 0.1) is 10.5 Å². The maximum absolute atomic E-state index is 6.31. The lowest BCUT2D eigenvalue weighted by Gasteiger charge is -2.29. The van der Waals surface area contributed by atoms with Crippen LogP contribution in [0.15, 0.2) is 42.5 Å². The highest BCUT2D eigenvalue weighted by atomic mass is 35.5. The van der Waals surface area contributed by atoms with Crippen LogP contribution < -0.4 is 4.90 Å². The molecule has 2 aromatic carbocycles. The van der Waals surface area contributed by atoms with Crippen molar-refractivity contribution < 1.29 is 0 Å². The van der Waals surface area contributed by atoms with Crippen molar-refractivity contribution in [2.45, 2.75) is 13.0 Å². The van der Waals surface area contributed by atoms with Gasteiger partial charge in [0, 0.05) is 46.9 Å². The molecule has 0 saturated heterocycles. The van der Waals surface area contributed by atoms with E-state index in [1.807, 2.05) is 12.1 Å². The summed E-state index contributed by atoms with van der Waals surface area (Å²) in [6, 6.07) is 14.3. The molecular formula is C17H14Cl2N2. The molecule has 0 atom stereocenters. The molecule has 0 spiro atoms. The molecule has 0 aliphatic carbocycles. The number of para-hydroxylation sites is 1. The molecule has 0 saturated carbocycles. The van der Waals surface area contributed by atoms with Crippen molar-refractivity contribution in [3.05, 3.63) is 63.8 Å². The molecule has 2 heterocycles. The Bertz CT molecular complexity index is 809. The van der Waals surface area contributed by atoms with Crippen molar-refractivity contribution in [3.8, 4) is 0 Å². The Labute approximate surface area is 133 Å². The monoisotopic (exact) mass is 316 g/mol. The van der Waals surface area contributed by atoms with E-state index in [4.69, 9.17) is 23.2 Å². The number of nitrogens with zero attached hydrogens (tertiary/aromatic N) is 1. The van der Waals surface area contributed by atoms with Crippen molar-refractivity contribution in [2.75, 3.05) is 11.4 Å². The lowest BCUT2D eigenvalue weighted by Crippen LogP contribution is -2.29. The zero-order valence-corrected chi connectivity index (χ0v) is 12.9. The van der Waals surface area contributed by atoms with E-state index in [-0.39, 0.29) is 0 Å². The molecule has 1 aliphatic heterocycles. The minimum atomic E-state index is 0.686. The molecule has 106 valence electrons. The van der Waals surface area contributed by atoms with Gasteiger partial charge in [-0.05, 0) is 24.3 Å². The molecule has 4 rings (SSSR count). The predicted octanol–water partition coefficient (Wildman–Crippen LogP) is 5.04. The number of hydrogen-bond acceptors (Lipinski definition) is 1. The second kappa shape index (κ2) is 4.97. The van der Waals surface area contributed by atoms with Gasteiger partial charge in [0.1, 0.15) is 0 Å². The molecule has 1 aromatic heterocycles. The van der Waals surface area contributed by atoms with E-state index in [0.29, 0.717) is 10.0 Å². The van der Waals surface area contributed by atoms with E-state index >= 15 is 0 Å². The van der Waals surface area contributed by atoms with Crippen molar-refractivity contribution in [1.29, 1.82) is 0 Å². The van der Waals surface area contributed by atoms with Crippen molar-refractivity contribution in [2.24, 2.45) is 0 Å². The fourth-order valence-corrected chi connectivity index (χ4v) is 3.64. The summed E-state index contributed by atoms with van der Waals surface area (Å²) in [6.45, 7) is 1.89. The molecular weight excluding hydrogens is 303 g/mol. The summed E-state index contributed by atoms with van der Waals surface area (Å²) >= 11 is 12.5. The summed E-state index contributed by atoms with van der Waals surface area (Å²) < 4.78 is 0. The highest BCUT2D eigenvalue weighted by Crippen LogP contribution is 2.35. The van der Waals surface area contributed by atoms with Gasteiger partial charge >= 0.3 is 0 Å². The number of rotatable bonds is 1. The lowest BCUT2D eigenvalue weighted by molar-refractivity contribution is 0.726. The van der Waals surface area contributed by atoms with Gasteiger partial charge in [0.2, 0.25) is 0 Å². The molecule has 0 amide bonds. The molecule has 3 aromatic rings. The number of anilines is 1. The third kappa shape index (κ3) is 2.19. The van der Waals surface area contributed by atoms with Crippen LogP contribution in [0.2, 0.25) is 10.0 Å². The molecule has 1 aliphatic rings. The van der Waals surface area contributed by atoms with E-state index in [2.05, 4.69) is 34.1 Å². The van der Waals surface area contributed by atoms with E-state index in [1.165, 1.54) is 16.9 Å². The van der Waals surface area contributed by atoms with Gasteiger partial charge in [0.25, 0.3) is 0 Å². The minimum absolute atomic E-state index is 0.686. The van der Waals surface area contributed by atoms with Crippen LogP contribution in [-0.2, 0) is 13.0 Å². The highest BCUT2D eigenvalue weighted by molar-refractivity contribution is 6.38. The number of nitrogens with one attached hydrogen (secondary N) is 1. The van der Waals surface area contributed by atoms with Crippen LogP contribution in [0.4, 0.5) is 5.69 Å². The van der Waals surface area contributed by atoms with E-state index in [1.54, 1.807) is 6.07 Å². The van der Waals surface area contributed by atoms with Gasteiger partial charge in [-0.15, -0.1) is 0 Å². The van der Waals surface area contributed by atoms with Gasteiger partial charge in [-0.1, -0.05) is 41.4 Å². The first-order valence-electron chi connectivity index (χ1n) is 7.01. The smallest absolute Gasteiger partial charge is 0.0662 e. The number of benzene rings is 2. The summed E-state index contributed by atoms with van der Waals surface area (Å²) in [5.74, 6) is 0. The van der Waals surface area contributed by atoms with Crippen LogP contribution in [0.25, 0.3) is 10.9 Å². The highest BCUT2D eigenvalue weighted by Gasteiger charge is 2.22. The molecule has 4 heteroatoms. The third-order valence-corrected chi connectivity index (χ3v) is 4.64. The summed E-state index contributed by atoms with van der Waals surface area (Å²) in [7, 11) is 0. The van der Waals surface area contributed by atoms with Crippen LogP contribution in [-0.4, -0.2) is 11.5 Å². The van der Waals surface area contributed by atoms with Gasteiger partial charge in [0.15, 0.2) is 0 Å². The predicted molar refractivity (Wildman–Crippen MR) is 89.5 cm³/mol. The first-order valence-corrected chi connectivity index (χ1v) is 7.76. The second-order valence-corrected chi connectivity index (χ2v) is 6.24. The average molecular weight is 317 g/mol. The fourth-order valence-electron chi connectivity index (χ4n) is 3.10. The Balaban J connectivity index is 1.81. The number of H-pyrrole nitrogens is 1. The minimum Gasteiger partial charge on any atom is -0.367 e. The number of fused-ring (bicyclic) bond motifs is 3. The van der Waals surface area contributed by atoms with Gasteiger partial charge in [-0.3, -0.25) is 0 Å². The molecule has 0 unspecified atom stereocenters. The third-order valence-electron chi connectivity index (χ3n) is 4.12. The second-order valence-electron chi connectivity index (χ2n) is 5.40. The number of halogens is 2. The largest absolute Gasteiger partial charge is 0.367 e. The molecule has 21 heavy (non-hydrogen) atoms. The molecule has 0 fully saturated rings. The van der Waals surface area contributed by atoms with Crippen LogP contribution in [0.5, 0.6) is 0 Å². The quantitative estimate of drug-likeness (QED) is 0.666. The molecule has 2 nitrogen and oxygen atoms in total. The Morgan fingerprint density at radius 2 is 1.86 bits per heavy atom. The molecule has 1 N–H and O–H groups in total. The Kier molecular flexibility index (Phi) is 3.09. The zero-order valence-electron chi connectivity index (χ0n) is 11.4.